The second-order valence-electron chi connectivity index (χ2n) is 9.85. The van der Waals surface area contributed by atoms with Crippen LogP contribution in [-0.4, -0.2) is 50.6 Å². The SMILES string of the molecule is COc1ccc(CN2C(=O)N(Cc3ccc4ccccc4c3)CC2CCOS(=O)(=O)c2ccc(C)cc2)cc1. The average molecular weight is 545 g/mol. The van der Waals surface area contributed by atoms with E-state index in [0.717, 1.165) is 33.2 Å². The fraction of sp³-hybridized carbons (Fsp3) is 0.258. The molecule has 7 nitrogen and oxygen atoms in total. The molecule has 5 rings (SSSR count). The van der Waals surface area contributed by atoms with Crippen molar-refractivity contribution in [3.8, 4) is 5.75 Å². The highest BCUT2D eigenvalue weighted by molar-refractivity contribution is 7.86. The number of ether oxygens (including phenoxy) is 1. The molecule has 0 aliphatic carbocycles. The first kappa shape index (κ1) is 26.7. The molecule has 202 valence electrons. The molecule has 1 fully saturated rings. The number of urea groups is 1. The van der Waals surface area contributed by atoms with Gasteiger partial charge < -0.3 is 14.5 Å². The van der Waals surface area contributed by atoms with E-state index in [4.69, 9.17) is 8.92 Å². The summed E-state index contributed by atoms with van der Waals surface area (Å²) in [6, 6.07) is 28.3. The van der Waals surface area contributed by atoms with E-state index >= 15 is 0 Å². The molecule has 1 atom stereocenters. The highest BCUT2D eigenvalue weighted by atomic mass is 32.2. The quantitative estimate of drug-likeness (QED) is 0.237. The van der Waals surface area contributed by atoms with Gasteiger partial charge in [-0.3, -0.25) is 4.18 Å². The van der Waals surface area contributed by atoms with Gasteiger partial charge in [0.1, 0.15) is 5.75 Å². The summed E-state index contributed by atoms with van der Waals surface area (Å²) in [5, 5.41) is 2.28. The Balaban J connectivity index is 1.31. The molecule has 8 heteroatoms. The fourth-order valence-electron chi connectivity index (χ4n) is 4.90. The Labute approximate surface area is 229 Å². The molecule has 1 unspecified atom stereocenters. The second-order valence-corrected chi connectivity index (χ2v) is 11.5. The van der Waals surface area contributed by atoms with E-state index in [1.165, 1.54) is 0 Å². The molecule has 0 aromatic heterocycles. The molecule has 0 bridgehead atoms. The Hall–Kier alpha value is -3.88. The van der Waals surface area contributed by atoms with Gasteiger partial charge in [-0.25, -0.2) is 4.79 Å². The number of hydrogen-bond acceptors (Lipinski definition) is 5. The number of nitrogens with zero attached hydrogens (tertiary/aromatic N) is 2. The van der Waals surface area contributed by atoms with Crippen LogP contribution in [0.4, 0.5) is 4.79 Å². The standard InChI is InChI=1S/C31H32N2O5S/c1-23-7-15-30(16-8-23)39(35,36)38-18-17-28-22-32(20-25-9-12-26-5-3-4-6-27(26)19-25)31(34)33(28)21-24-10-13-29(37-2)14-11-24/h3-16,19,28H,17-18,20-22H2,1-2H3. The summed E-state index contributed by atoms with van der Waals surface area (Å²) in [5.74, 6) is 0.746. The largest absolute Gasteiger partial charge is 0.497 e. The summed E-state index contributed by atoms with van der Waals surface area (Å²) in [5.41, 5.74) is 2.99. The van der Waals surface area contributed by atoms with Gasteiger partial charge in [-0.1, -0.05) is 66.2 Å². The summed E-state index contributed by atoms with van der Waals surface area (Å²) in [6.07, 6.45) is 0.390. The number of aryl methyl sites for hydroxylation is 1. The number of methoxy groups -OCH3 is 1. The van der Waals surface area contributed by atoms with E-state index in [0.29, 0.717) is 26.1 Å². The van der Waals surface area contributed by atoms with Crippen LogP contribution in [0.1, 0.15) is 23.1 Å². The lowest BCUT2D eigenvalue weighted by molar-refractivity contribution is 0.177. The Bertz CT molecular complexity index is 1550. The molecule has 39 heavy (non-hydrogen) atoms. The van der Waals surface area contributed by atoms with Crippen molar-refractivity contribution in [3.05, 3.63) is 108 Å². The average Bonchev–Trinajstić information content (AvgIpc) is 3.22. The zero-order chi connectivity index (χ0) is 27.4. The van der Waals surface area contributed by atoms with Crippen LogP contribution in [0.2, 0.25) is 0 Å². The first-order valence-electron chi connectivity index (χ1n) is 12.9. The van der Waals surface area contributed by atoms with Gasteiger partial charge in [0.05, 0.1) is 24.7 Å². The molecule has 1 aliphatic rings. The minimum Gasteiger partial charge on any atom is -0.497 e. The van der Waals surface area contributed by atoms with Crippen molar-refractivity contribution < 1.29 is 22.1 Å². The Morgan fingerprint density at radius 1 is 0.846 bits per heavy atom. The molecule has 4 aromatic rings. The summed E-state index contributed by atoms with van der Waals surface area (Å²) < 4.78 is 36.0. The molecular weight excluding hydrogens is 512 g/mol. The van der Waals surface area contributed by atoms with Crippen LogP contribution >= 0.6 is 0 Å². The summed E-state index contributed by atoms with van der Waals surface area (Å²) >= 11 is 0. The van der Waals surface area contributed by atoms with Crippen LogP contribution in [0.25, 0.3) is 10.8 Å². The Morgan fingerprint density at radius 2 is 1.54 bits per heavy atom. The monoisotopic (exact) mass is 544 g/mol. The van der Waals surface area contributed by atoms with Crippen molar-refractivity contribution in [1.82, 2.24) is 9.80 Å². The van der Waals surface area contributed by atoms with Crippen LogP contribution in [0.5, 0.6) is 5.75 Å². The van der Waals surface area contributed by atoms with Crippen molar-refractivity contribution >= 4 is 26.9 Å². The van der Waals surface area contributed by atoms with Gasteiger partial charge in [-0.2, -0.15) is 8.42 Å². The highest BCUT2D eigenvalue weighted by Gasteiger charge is 2.37. The third-order valence-electron chi connectivity index (χ3n) is 7.09. The minimum absolute atomic E-state index is 0.0168. The van der Waals surface area contributed by atoms with Crippen LogP contribution in [-0.2, 0) is 27.4 Å². The van der Waals surface area contributed by atoms with Crippen molar-refractivity contribution in [3.63, 3.8) is 0 Å². The van der Waals surface area contributed by atoms with Crippen LogP contribution in [0.15, 0.2) is 95.9 Å². The number of carbonyl (C=O) groups is 1. The van der Waals surface area contributed by atoms with E-state index in [1.54, 1.807) is 31.4 Å². The number of amides is 2. The Morgan fingerprint density at radius 3 is 2.26 bits per heavy atom. The maximum atomic E-state index is 13.6. The van der Waals surface area contributed by atoms with Crippen molar-refractivity contribution in [2.75, 3.05) is 20.3 Å². The summed E-state index contributed by atoms with van der Waals surface area (Å²) in [4.78, 5) is 17.4. The topological polar surface area (TPSA) is 76.2 Å². The van der Waals surface area contributed by atoms with Gasteiger partial charge in [0, 0.05) is 19.6 Å². The smallest absolute Gasteiger partial charge is 0.320 e. The maximum absolute atomic E-state index is 13.6. The first-order valence-corrected chi connectivity index (χ1v) is 14.4. The predicted molar refractivity (Wildman–Crippen MR) is 151 cm³/mol. The van der Waals surface area contributed by atoms with Crippen LogP contribution in [0.3, 0.4) is 0 Å². The van der Waals surface area contributed by atoms with Gasteiger partial charge in [-0.15, -0.1) is 0 Å². The molecule has 2 amide bonds. The normalized spacial score (nSPS) is 15.7. The lowest BCUT2D eigenvalue weighted by Crippen LogP contribution is -2.35. The third kappa shape index (κ3) is 6.24. The number of carbonyl (C=O) groups excluding carboxylic acids is 1. The lowest BCUT2D eigenvalue weighted by Gasteiger charge is -2.23. The van der Waals surface area contributed by atoms with Gasteiger partial charge >= 0.3 is 6.03 Å². The number of rotatable bonds is 10. The number of hydrogen-bond donors (Lipinski definition) is 0. The second kappa shape index (κ2) is 11.5. The predicted octanol–water partition coefficient (Wildman–Crippen LogP) is 5.76. The number of benzene rings is 4. The molecule has 1 heterocycles. The van der Waals surface area contributed by atoms with Crippen LogP contribution < -0.4 is 4.74 Å². The fourth-order valence-corrected chi connectivity index (χ4v) is 5.82. The van der Waals surface area contributed by atoms with Gasteiger partial charge in [0.2, 0.25) is 0 Å². The van der Waals surface area contributed by atoms with Crippen LogP contribution in [0, 0.1) is 6.92 Å². The minimum atomic E-state index is -3.88. The maximum Gasteiger partial charge on any atom is 0.320 e. The highest BCUT2D eigenvalue weighted by Crippen LogP contribution is 2.26. The zero-order valence-corrected chi connectivity index (χ0v) is 22.9. The lowest BCUT2D eigenvalue weighted by atomic mass is 10.1. The van der Waals surface area contributed by atoms with Crippen molar-refractivity contribution in [2.45, 2.75) is 37.4 Å². The van der Waals surface area contributed by atoms with Gasteiger partial charge in [0.25, 0.3) is 10.1 Å². The third-order valence-corrected chi connectivity index (χ3v) is 8.41. The van der Waals surface area contributed by atoms with E-state index in [9.17, 15) is 13.2 Å². The Kier molecular flexibility index (Phi) is 7.86. The van der Waals surface area contributed by atoms with Gasteiger partial charge in [0.15, 0.2) is 0 Å². The van der Waals surface area contributed by atoms with E-state index in [2.05, 4.69) is 24.3 Å². The van der Waals surface area contributed by atoms with E-state index in [1.807, 2.05) is 59.2 Å². The van der Waals surface area contributed by atoms with E-state index in [-0.39, 0.29) is 23.6 Å². The number of fused-ring (bicyclic) bond motifs is 1. The zero-order valence-electron chi connectivity index (χ0n) is 22.1. The molecule has 1 saturated heterocycles. The molecule has 0 N–H and O–H groups in total. The first-order chi connectivity index (χ1) is 18.8. The summed E-state index contributed by atoms with van der Waals surface area (Å²) in [7, 11) is -2.26. The van der Waals surface area contributed by atoms with Gasteiger partial charge in [-0.05, 0) is 65.6 Å². The molecule has 4 aromatic carbocycles. The van der Waals surface area contributed by atoms with Crippen molar-refractivity contribution in [2.24, 2.45) is 0 Å². The van der Waals surface area contributed by atoms with Crippen molar-refractivity contribution in [1.29, 1.82) is 0 Å². The summed E-state index contributed by atoms with van der Waals surface area (Å²) in [6.45, 7) is 3.25. The van der Waals surface area contributed by atoms with E-state index < -0.39 is 10.1 Å². The molecule has 0 radical (unpaired) electrons. The molecule has 0 saturated carbocycles. The molecule has 1 aliphatic heterocycles. The molecule has 0 spiro atoms. The molecular formula is C31H32N2O5S.